The van der Waals surface area contributed by atoms with Crippen molar-refractivity contribution in [3.05, 3.63) is 29.3 Å². The minimum Gasteiger partial charge on any atom is -0.493 e. The predicted molar refractivity (Wildman–Crippen MR) is 72.7 cm³/mol. The van der Waals surface area contributed by atoms with E-state index in [-0.39, 0.29) is 0 Å². The lowest BCUT2D eigenvalue weighted by Crippen LogP contribution is -2.13. The Hall–Kier alpha value is -0.980. The van der Waals surface area contributed by atoms with Crippen molar-refractivity contribution in [1.29, 1.82) is 0 Å². The number of rotatable bonds is 3. The highest BCUT2D eigenvalue weighted by Crippen LogP contribution is 2.30. The van der Waals surface area contributed by atoms with E-state index in [1.165, 1.54) is 36.8 Å². The maximum Gasteiger partial charge on any atom is 0.122 e. The first kappa shape index (κ1) is 12.5. The van der Waals surface area contributed by atoms with Crippen LogP contribution in [0, 0.1) is 5.41 Å². The lowest BCUT2D eigenvalue weighted by Gasteiger charge is -2.22. The summed E-state index contributed by atoms with van der Waals surface area (Å²) in [6, 6.07) is 6.52. The fourth-order valence-electron chi connectivity index (χ4n) is 2.35. The highest BCUT2D eigenvalue weighted by molar-refractivity contribution is 5.41. The van der Waals surface area contributed by atoms with Gasteiger partial charge in [-0.1, -0.05) is 32.9 Å². The molecule has 0 atom stereocenters. The molecule has 0 aromatic heterocycles. The summed E-state index contributed by atoms with van der Waals surface area (Å²) in [6.45, 7) is 7.62. The maximum atomic E-state index is 5.98. The number of ether oxygens (including phenoxy) is 1. The quantitative estimate of drug-likeness (QED) is 0.751. The van der Waals surface area contributed by atoms with Gasteiger partial charge < -0.3 is 4.74 Å². The van der Waals surface area contributed by atoms with Crippen LogP contribution in [0.15, 0.2) is 18.2 Å². The maximum absolute atomic E-state index is 5.98. The summed E-state index contributed by atoms with van der Waals surface area (Å²) in [5.41, 5.74) is 3.33. The molecule has 1 nitrogen and oxygen atoms in total. The van der Waals surface area contributed by atoms with Crippen LogP contribution in [0.1, 0.15) is 51.2 Å². The SMILES string of the molecule is CC(C)(C)CCOc1cccc2c1CCCC2. The van der Waals surface area contributed by atoms with Gasteiger partial charge in [-0.25, -0.2) is 0 Å². The van der Waals surface area contributed by atoms with Gasteiger partial charge in [0.15, 0.2) is 0 Å². The van der Waals surface area contributed by atoms with Crippen molar-refractivity contribution < 1.29 is 4.74 Å². The largest absolute Gasteiger partial charge is 0.493 e. The Labute approximate surface area is 105 Å². The summed E-state index contributed by atoms with van der Waals surface area (Å²) >= 11 is 0. The molecule has 1 aliphatic rings. The summed E-state index contributed by atoms with van der Waals surface area (Å²) < 4.78 is 5.98. The van der Waals surface area contributed by atoms with Gasteiger partial charge in [-0.05, 0) is 54.7 Å². The van der Waals surface area contributed by atoms with Crippen molar-refractivity contribution in [1.82, 2.24) is 0 Å². The molecule has 1 aromatic carbocycles. The third-order valence-corrected chi connectivity index (χ3v) is 3.46. The molecule has 0 saturated carbocycles. The monoisotopic (exact) mass is 232 g/mol. The third-order valence-electron chi connectivity index (χ3n) is 3.46. The first-order chi connectivity index (χ1) is 8.06. The second-order valence-electron chi connectivity index (χ2n) is 6.26. The van der Waals surface area contributed by atoms with Gasteiger partial charge in [-0.15, -0.1) is 0 Å². The van der Waals surface area contributed by atoms with Gasteiger partial charge in [0, 0.05) is 0 Å². The topological polar surface area (TPSA) is 9.23 Å². The Balaban J connectivity index is 2.01. The summed E-state index contributed by atoms with van der Waals surface area (Å²) in [5.74, 6) is 1.13. The smallest absolute Gasteiger partial charge is 0.122 e. The van der Waals surface area contributed by atoms with Crippen molar-refractivity contribution in [3.63, 3.8) is 0 Å². The predicted octanol–water partition coefficient (Wildman–Crippen LogP) is 4.38. The van der Waals surface area contributed by atoms with E-state index in [1.54, 1.807) is 0 Å². The van der Waals surface area contributed by atoms with Gasteiger partial charge in [-0.2, -0.15) is 0 Å². The van der Waals surface area contributed by atoms with Gasteiger partial charge >= 0.3 is 0 Å². The van der Waals surface area contributed by atoms with Gasteiger partial charge in [0.05, 0.1) is 6.61 Å². The van der Waals surface area contributed by atoms with Crippen molar-refractivity contribution in [2.24, 2.45) is 5.41 Å². The minimum atomic E-state index is 0.356. The molecule has 1 aliphatic carbocycles. The average Bonchev–Trinajstić information content (AvgIpc) is 2.28. The summed E-state index contributed by atoms with van der Waals surface area (Å²) in [4.78, 5) is 0. The van der Waals surface area contributed by atoms with E-state index in [9.17, 15) is 0 Å². The Morgan fingerprint density at radius 3 is 2.65 bits per heavy atom. The van der Waals surface area contributed by atoms with E-state index < -0.39 is 0 Å². The van der Waals surface area contributed by atoms with Gasteiger partial charge in [0.2, 0.25) is 0 Å². The molecule has 0 spiro atoms. The third kappa shape index (κ3) is 3.49. The van der Waals surface area contributed by atoms with Crippen LogP contribution < -0.4 is 4.74 Å². The van der Waals surface area contributed by atoms with Crippen molar-refractivity contribution >= 4 is 0 Å². The van der Waals surface area contributed by atoms with Crippen LogP contribution in [0.4, 0.5) is 0 Å². The molecular weight excluding hydrogens is 208 g/mol. The molecule has 94 valence electrons. The molecule has 0 N–H and O–H groups in total. The standard InChI is InChI=1S/C16H24O/c1-16(2,3)11-12-17-15-10-6-8-13-7-4-5-9-14(13)15/h6,8,10H,4-5,7,9,11-12H2,1-3H3. The summed E-state index contributed by atoms with van der Waals surface area (Å²) in [7, 11) is 0. The Morgan fingerprint density at radius 1 is 1.12 bits per heavy atom. The molecule has 0 saturated heterocycles. The molecule has 0 aliphatic heterocycles. The lowest BCUT2D eigenvalue weighted by atomic mass is 9.91. The average molecular weight is 232 g/mol. The highest BCUT2D eigenvalue weighted by Gasteiger charge is 2.15. The lowest BCUT2D eigenvalue weighted by molar-refractivity contribution is 0.240. The van der Waals surface area contributed by atoms with Crippen LogP contribution in [0.3, 0.4) is 0 Å². The van der Waals surface area contributed by atoms with Gasteiger partial charge in [0.25, 0.3) is 0 Å². The summed E-state index contributed by atoms with van der Waals surface area (Å²) in [5, 5.41) is 0. The molecule has 1 aromatic rings. The van der Waals surface area contributed by atoms with Crippen molar-refractivity contribution in [3.8, 4) is 5.75 Å². The zero-order chi connectivity index (χ0) is 12.3. The Morgan fingerprint density at radius 2 is 1.88 bits per heavy atom. The van der Waals surface area contributed by atoms with Crippen LogP contribution >= 0.6 is 0 Å². The molecule has 0 unspecified atom stereocenters. The molecule has 2 rings (SSSR count). The van der Waals surface area contributed by atoms with Gasteiger partial charge in [-0.3, -0.25) is 0 Å². The number of benzene rings is 1. The van der Waals surface area contributed by atoms with Crippen LogP contribution in [-0.4, -0.2) is 6.61 Å². The fourth-order valence-corrected chi connectivity index (χ4v) is 2.35. The first-order valence-corrected chi connectivity index (χ1v) is 6.80. The van der Waals surface area contributed by atoms with Crippen molar-refractivity contribution in [2.45, 2.75) is 52.9 Å². The molecule has 0 radical (unpaired) electrons. The second kappa shape index (κ2) is 5.12. The molecule has 1 heteroatoms. The normalized spacial score (nSPS) is 15.5. The zero-order valence-electron chi connectivity index (χ0n) is 11.4. The fraction of sp³-hybridized carbons (Fsp3) is 0.625. The van der Waals surface area contributed by atoms with Gasteiger partial charge in [0.1, 0.15) is 5.75 Å². The Kier molecular flexibility index (Phi) is 3.76. The van der Waals surface area contributed by atoms with E-state index in [2.05, 4.69) is 39.0 Å². The molecule has 0 bridgehead atoms. The number of hydrogen-bond acceptors (Lipinski definition) is 1. The zero-order valence-corrected chi connectivity index (χ0v) is 11.4. The number of aryl methyl sites for hydroxylation is 1. The molecule has 0 amide bonds. The number of fused-ring (bicyclic) bond motifs is 1. The van der Waals surface area contributed by atoms with E-state index in [0.29, 0.717) is 5.41 Å². The van der Waals surface area contributed by atoms with Crippen LogP contribution in [0.2, 0.25) is 0 Å². The second-order valence-corrected chi connectivity index (χ2v) is 6.26. The molecular formula is C16H24O. The first-order valence-electron chi connectivity index (χ1n) is 6.80. The Bertz CT molecular complexity index is 374. The molecule has 0 heterocycles. The molecule has 0 fully saturated rings. The number of hydrogen-bond donors (Lipinski definition) is 0. The van der Waals surface area contributed by atoms with Crippen LogP contribution in [0.25, 0.3) is 0 Å². The van der Waals surface area contributed by atoms with E-state index >= 15 is 0 Å². The van der Waals surface area contributed by atoms with Crippen molar-refractivity contribution in [2.75, 3.05) is 6.61 Å². The summed E-state index contributed by atoms with van der Waals surface area (Å²) in [6.07, 6.45) is 6.18. The van der Waals surface area contributed by atoms with Crippen LogP contribution in [0.5, 0.6) is 5.75 Å². The van der Waals surface area contributed by atoms with Crippen LogP contribution in [-0.2, 0) is 12.8 Å². The minimum absolute atomic E-state index is 0.356. The van der Waals surface area contributed by atoms with E-state index in [1.807, 2.05) is 0 Å². The van der Waals surface area contributed by atoms with E-state index in [4.69, 9.17) is 4.74 Å². The highest BCUT2D eigenvalue weighted by atomic mass is 16.5. The molecule has 17 heavy (non-hydrogen) atoms. The van der Waals surface area contributed by atoms with E-state index in [0.717, 1.165) is 18.8 Å².